The van der Waals surface area contributed by atoms with Gasteiger partial charge in [0.2, 0.25) is 0 Å². The van der Waals surface area contributed by atoms with E-state index in [1.165, 1.54) is 0 Å². The van der Waals surface area contributed by atoms with Crippen LogP contribution in [0.4, 0.5) is 0 Å². The molecular formula is C16H15Cl2NO2. The summed E-state index contributed by atoms with van der Waals surface area (Å²) in [5, 5.41) is 3.86. The Balaban J connectivity index is 1.84. The lowest BCUT2D eigenvalue weighted by atomic mass is 10.2. The lowest BCUT2D eigenvalue weighted by Crippen LogP contribution is -2.28. The van der Waals surface area contributed by atoms with Crippen molar-refractivity contribution in [2.24, 2.45) is 0 Å². The second-order valence-electron chi connectivity index (χ2n) is 4.57. The Morgan fingerprint density at radius 3 is 2.67 bits per heavy atom. The van der Waals surface area contributed by atoms with Gasteiger partial charge in [-0.2, -0.15) is 0 Å². The Bertz CT molecular complexity index is 644. The summed E-state index contributed by atoms with van der Waals surface area (Å²) in [5.41, 5.74) is 1.80. The molecule has 2 aromatic carbocycles. The fourth-order valence-corrected chi connectivity index (χ4v) is 2.25. The first kappa shape index (κ1) is 15.7. The van der Waals surface area contributed by atoms with Crippen molar-refractivity contribution in [1.82, 2.24) is 5.32 Å². The molecule has 1 N–H and O–H groups in total. The predicted octanol–water partition coefficient (Wildman–Crippen LogP) is 4.00. The monoisotopic (exact) mass is 323 g/mol. The van der Waals surface area contributed by atoms with Crippen LogP contribution in [-0.2, 0) is 11.3 Å². The first-order chi connectivity index (χ1) is 10.1. The van der Waals surface area contributed by atoms with Crippen LogP contribution in [-0.4, -0.2) is 12.5 Å². The molecule has 0 aliphatic rings. The maximum Gasteiger partial charge on any atom is 0.258 e. The van der Waals surface area contributed by atoms with Crippen molar-refractivity contribution in [3.63, 3.8) is 0 Å². The molecule has 1 amide bonds. The molecule has 0 heterocycles. The predicted molar refractivity (Wildman–Crippen MR) is 85.0 cm³/mol. The van der Waals surface area contributed by atoms with Crippen LogP contribution in [0.1, 0.15) is 11.1 Å². The summed E-state index contributed by atoms with van der Waals surface area (Å²) >= 11 is 11.9. The van der Waals surface area contributed by atoms with Crippen molar-refractivity contribution in [2.75, 3.05) is 6.61 Å². The molecule has 0 unspecified atom stereocenters. The molecule has 0 aliphatic heterocycles. The summed E-state index contributed by atoms with van der Waals surface area (Å²) < 4.78 is 5.47. The number of aryl methyl sites for hydroxylation is 1. The number of hydrogen-bond acceptors (Lipinski definition) is 2. The summed E-state index contributed by atoms with van der Waals surface area (Å²) in [5.74, 6) is 0.501. The molecule has 0 aromatic heterocycles. The van der Waals surface area contributed by atoms with Gasteiger partial charge >= 0.3 is 0 Å². The highest BCUT2D eigenvalue weighted by atomic mass is 35.5. The minimum Gasteiger partial charge on any atom is -0.484 e. The van der Waals surface area contributed by atoms with Gasteiger partial charge in [0.1, 0.15) is 5.75 Å². The average Bonchev–Trinajstić information content (AvgIpc) is 2.45. The fourth-order valence-electron chi connectivity index (χ4n) is 1.77. The maximum absolute atomic E-state index is 11.8. The van der Waals surface area contributed by atoms with E-state index in [1.807, 2.05) is 31.2 Å². The van der Waals surface area contributed by atoms with Crippen LogP contribution < -0.4 is 10.1 Å². The van der Waals surface area contributed by atoms with Gasteiger partial charge in [-0.1, -0.05) is 47.5 Å². The number of para-hydroxylation sites is 1. The van der Waals surface area contributed by atoms with Gasteiger partial charge in [-0.3, -0.25) is 4.79 Å². The molecule has 3 nitrogen and oxygen atoms in total. The number of benzene rings is 2. The number of carbonyl (C=O) groups is 1. The smallest absolute Gasteiger partial charge is 0.258 e. The molecule has 0 fully saturated rings. The highest BCUT2D eigenvalue weighted by Crippen LogP contribution is 2.20. The zero-order valence-corrected chi connectivity index (χ0v) is 13.0. The molecule has 2 rings (SSSR count). The Morgan fingerprint density at radius 2 is 1.95 bits per heavy atom. The van der Waals surface area contributed by atoms with E-state index in [-0.39, 0.29) is 12.5 Å². The van der Waals surface area contributed by atoms with E-state index in [2.05, 4.69) is 5.32 Å². The van der Waals surface area contributed by atoms with Gasteiger partial charge in [-0.25, -0.2) is 0 Å². The van der Waals surface area contributed by atoms with Crippen LogP contribution in [0.15, 0.2) is 42.5 Å². The third-order valence-electron chi connectivity index (χ3n) is 2.94. The van der Waals surface area contributed by atoms with Crippen molar-refractivity contribution in [3.05, 3.63) is 63.6 Å². The molecule has 0 spiro atoms. The first-order valence-corrected chi connectivity index (χ1v) is 7.21. The van der Waals surface area contributed by atoms with E-state index in [0.29, 0.717) is 22.3 Å². The molecule has 21 heavy (non-hydrogen) atoms. The van der Waals surface area contributed by atoms with E-state index in [1.54, 1.807) is 18.2 Å². The summed E-state index contributed by atoms with van der Waals surface area (Å²) in [7, 11) is 0. The molecule has 0 saturated heterocycles. The van der Waals surface area contributed by atoms with Gasteiger partial charge in [-0.15, -0.1) is 0 Å². The van der Waals surface area contributed by atoms with Crippen LogP contribution >= 0.6 is 23.2 Å². The Labute approximate surface area is 133 Å². The van der Waals surface area contributed by atoms with E-state index >= 15 is 0 Å². The van der Waals surface area contributed by atoms with Gasteiger partial charge in [0, 0.05) is 16.6 Å². The molecule has 0 bridgehead atoms. The molecule has 110 valence electrons. The summed E-state index contributed by atoms with van der Waals surface area (Å²) in [6, 6.07) is 12.7. The first-order valence-electron chi connectivity index (χ1n) is 6.45. The van der Waals surface area contributed by atoms with Gasteiger partial charge in [0.05, 0.1) is 0 Å². The van der Waals surface area contributed by atoms with Crippen LogP contribution in [0.2, 0.25) is 10.0 Å². The number of halogens is 2. The number of amides is 1. The normalized spacial score (nSPS) is 10.2. The van der Waals surface area contributed by atoms with Crippen molar-refractivity contribution >= 4 is 29.1 Å². The zero-order chi connectivity index (χ0) is 15.2. The maximum atomic E-state index is 11.8. The molecular weight excluding hydrogens is 309 g/mol. The zero-order valence-electron chi connectivity index (χ0n) is 11.5. The topological polar surface area (TPSA) is 38.3 Å². The van der Waals surface area contributed by atoms with Crippen molar-refractivity contribution < 1.29 is 9.53 Å². The summed E-state index contributed by atoms with van der Waals surface area (Å²) in [4.78, 5) is 11.8. The van der Waals surface area contributed by atoms with E-state index in [0.717, 1.165) is 11.1 Å². The SMILES string of the molecule is Cc1ccccc1OCC(=O)NCc1ccc(Cl)cc1Cl. The fraction of sp³-hybridized carbons (Fsp3) is 0.188. The summed E-state index contributed by atoms with van der Waals surface area (Å²) in [6.07, 6.45) is 0. The summed E-state index contributed by atoms with van der Waals surface area (Å²) in [6.45, 7) is 2.24. The van der Waals surface area contributed by atoms with Gasteiger partial charge in [-0.05, 0) is 36.2 Å². The third-order valence-corrected chi connectivity index (χ3v) is 3.53. The molecule has 0 aliphatic carbocycles. The second-order valence-corrected chi connectivity index (χ2v) is 5.41. The van der Waals surface area contributed by atoms with Crippen molar-refractivity contribution in [3.8, 4) is 5.75 Å². The van der Waals surface area contributed by atoms with E-state index < -0.39 is 0 Å². The van der Waals surface area contributed by atoms with Crippen LogP contribution in [0, 0.1) is 6.92 Å². The van der Waals surface area contributed by atoms with Gasteiger partial charge < -0.3 is 10.1 Å². The number of carbonyl (C=O) groups excluding carboxylic acids is 1. The molecule has 0 saturated carbocycles. The van der Waals surface area contributed by atoms with Crippen LogP contribution in [0.25, 0.3) is 0 Å². The van der Waals surface area contributed by atoms with Crippen molar-refractivity contribution in [1.29, 1.82) is 0 Å². The Kier molecular flexibility index (Phi) is 5.48. The Hall–Kier alpha value is -1.71. The number of hydrogen-bond donors (Lipinski definition) is 1. The number of ether oxygens (including phenoxy) is 1. The lowest BCUT2D eigenvalue weighted by molar-refractivity contribution is -0.123. The molecule has 5 heteroatoms. The van der Waals surface area contributed by atoms with Crippen LogP contribution in [0.3, 0.4) is 0 Å². The van der Waals surface area contributed by atoms with Gasteiger partial charge in [0.25, 0.3) is 5.91 Å². The standard InChI is InChI=1S/C16H15Cl2NO2/c1-11-4-2-3-5-15(11)21-10-16(20)19-9-12-6-7-13(17)8-14(12)18/h2-8H,9-10H2,1H3,(H,19,20). The quantitative estimate of drug-likeness (QED) is 0.903. The largest absolute Gasteiger partial charge is 0.484 e. The van der Waals surface area contributed by atoms with E-state index in [4.69, 9.17) is 27.9 Å². The lowest BCUT2D eigenvalue weighted by Gasteiger charge is -2.10. The van der Waals surface area contributed by atoms with E-state index in [9.17, 15) is 4.79 Å². The molecule has 0 radical (unpaired) electrons. The Morgan fingerprint density at radius 1 is 1.19 bits per heavy atom. The molecule has 2 aromatic rings. The van der Waals surface area contributed by atoms with Crippen molar-refractivity contribution in [2.45, 2.75) is 13.5 Å². The minimum atomic E-state index is -0.204. The highest BCUT2D eigenvalue weighted by Gasteiger charge is 2.06. The minimum absolute atomic E-state index is 0.0317. The van der Waals surface area contributed by atoms with Crippen LogP contribution in [0.5, 0.6) is 5.75 Å². The number of nitrogens with one attached hydrogen (secondary N) is 1. The molecule has 0 atom stereocenters. The third kappa shape index (κ3) is 4.66. The second kappa shape index (κ2) is 7.34. The number of rotatable bonds is 5. The highest BCUT2D eigenvalue weighted by molar-refractivity contribution is 6.35. The average molecular weight is 324 g/mol. The van der Waals surface area contributed by atoms with Gasteiger partial charge in [0.15, 0.2) is 6.61 Å².